The molecule has 11 nitrogen and oxygen atoms in total. The number of hydrogen-bond acceptors (Lipinski definition) is 11. The van der Waals surface area contributed by atoms with Gasteiger partial charge in [0, 0.05) is 58.6 Å². The summed E-state index contributed by atoms with van der Waals surface area (Å²) < 4.78 is 38.5. The number of fused-ring (bicyclic) bond motifs is 16. The summed E-state index contributed by atoms with van der Waals surface area (Å²) in [6, 6.07) is 34.7. The molecular formula is C80H82O11. The van der Waals surface area contributed by atoms with Gasteiger partial charge in [-0.15, -0.1) is 0 Å². The second kappa shape index (κ2) is 27.2. The number of carbonyl (C=O) groups excluding carboxylic acids is 1. The topological polar surface area (TPSA) is 145 Å². The zero-order valence-electron chi connectivity index (χ0n) is 51.9. The molecule has 7 aromatic rings. The Balaban J connectivity index is 0.000000100. The maximum Gasteiger partial charge on any atom is 0.336 e. The largest absolute Gasteiger partial charge is 0.493 e. The van der Waals surface area contributed by atoms with Crippen LogP contribution in [0.1, 0.15) is 81.8 Å². The Morgan fingerprint density at radius 2 is 0.868 bits per heavy atom. The Labute approximate surface area is 531 Å². The van der Waals surface area contributed by atoms with E-state index in [0.29, 0.717) is 58.9 Å². The number of carbonyl (C=O) groups is 1. The van der Waals surface area contributed by atoms with Crippen LogP contribution in [0.4, 0.5) is 0 Å². The molecule has 11 aliphatic carbocycles. The summed E-state index contributed by atoms with van der Waals surface area (Å²) in [5, 5.41) is 2.75. The Morgan fingerprint density at radius 3 is 1.32 bits per heavy atom. The summed E-state index contributed by atoms with van der Waals surface area (Å²) in [4.78, 5) is 45.4. The average molecular weight is 1220 g/mol. The second-order valence-electron chi connectivity index (χ2n) is 27.5. The van der Waals surface area contributed by atoms with Crippen LogP contribution < -0.4 is 31.1 Å². The van der Waals surface area contributed by atoms with E-state index in [-0.39, 0.29) is 22.8 Å². The Morgan fingerprint density at radius 1 is 0.440 bits per heavy atom. The predicted octanol–water partition coefficient (Wildman–Crippen LogP) is 16.7. The third-order valence-corrected chi connectivity index (χ3v) is 21.5. The van der Waals surface area contributed by atoms with Crippen molar-refractivity contribution in [2.45, 2.75) is 77.6 Å². The normalized spacial score (nSPS) is 30.1. The van der Waals surface area contributed by atoms with E-state index in [9.17, 15) is 19.2 Å². The van der Waals surface area contributed by atoms with Crippen molar-refractivity contribution < 1.29 is 37.0 Å². The highest BCUT2D eigenvalue weighted by atomic mass is 16.5. The molecule has 16 unspecified atom stereocenters. The first kappa shape index (κ1) is 60.1. The van der Waals surface area contributed by atoms with Gasteiger partial charge in [-0.3, -0.25) is 0 Å². The zero-order chi connectivity index (χ0) is 61.8. The number of hydrogen-bond donors (Lipinski definition) is 0. The first-order chi connectivity index (χ1) is 44.5. The van der Waals surface area contributed by atoms with E-state index in [2.05, 4.69) is 72.9 Å². The van der Waals surface area contributed by atoms with E-state index in [0.717, 1.165) is 124 Å². The minimum absolute atomic E-state index is 0.239. The lowest BCUT2D eigenvalue weighted by Gasteiger charge is -2.18. The zero-order valence-corrected chi connectivity index (χ0v) is 51.9. The van der Waals surface area contributed by atoms with Crippen LogP contribution in [0, 0.1) is 102 Å². The summed E-state index contributed by atoms with van der Waals surface area (Å²) in [7, 11) is 0. The number of benzene rings is 4. The monoisotopic (exact) mass is 1220 g/mol. The van der Waals surface area contributed by atoms with Crippen molar-refractivity contribution in [2.24, 2.45) is 94.7 Å². The standard InChI is InChI=1S/C18H18O3.C18H20O2.2C17H16O3.C10H12/c19-18-6-4-13-3-5-16(11-17(13)21-18)20-8-7-15-10-12-1-2-14(15)9-12;1-13-2-4-14(5-3-13)7-9-18(19)20-12-17-11-15-6-8-16(17)10-15;2*18-17-6-4-12-3-5-15(9-16(12)20-17)19-10-14-8-11-1-2-13(14)7-11;1-2-9-7-4-5-8(6-7)10(9)3-1/h1-6,11-12,14-15H,7-10H2;2-9,15-17H,10-12H2,1H3;2*1-6,9,11,13-14H,7-8,10H2;1-2,4-5,7-10H,3,6H2/b;9-7+;;;. The molecule has 11 aliphatic rings. The van der Waals surface area contributed by atoms with Crippen molar-refractivity contribution in [2.75, 3.05) is 26.4 Å². The molecule has 0 amide bonds. The molecule has 16 atom stereocenters. The van der Waals surface area contributed by atoms with Gasteiger partial charge in [0.1, 0.15) is 34.0 Å². The van der Waals surface area contributed by atoms with Gasteiger partial charge in [-0.2, -0.15) is 0 Å². The van der Waals surface area contributed by atoms with Gasteiger partial charge in [0.25, 0.3) is 0 Å². The van der Waals surface area contributed by atoms with Crippen LogP contribution in [0.5, 0.6) is 17.2 Å². The molecule has 91 heavy (non-hydrogen) atoms. The SMILES string of the molecule is C1=CC2C3C=CC(C3)C2C1.Cc1ccc(/C=C/C(=O)OCC2CC3C=CC2C3)cc1.O=c1ccc2ccc(OCC3CC4C=CC3C4)cc2o1.O=c1ccc2ccc(OCC3CC4C=CC3C4)cc2o1.O=c1ccc2ccc(OCCC3CC4C=CC3C4)cc2o1. The van der Waals surface area contributed by atoms with Crippen LogP contribution in [-0.4, -0.2) is 32.4 Å². The molecule has 3 heterocycles. The summed E-state index contributed by atoms with van der Waals surface area (Å²) in [6.45, 7) is 4.82. The summed E-state index contributed by atoms with van der Waals surface area (Å²) in [5.41, 5.74) is 3.02. The fourth-order valence-corrected chi connectivity index (χ4v) is 16.7. The molecule has 0 N–H and O–H groups in total. The van der Waals surface area contributed by atoms with Crippen molar-refractivity contribution in [3.8, 4) is 17.2 Å². The Bertz CT molecular complexity index is 4030. The van der Waals surface area contributed by atoms with Gasteiger partial charge >= 0.3 is 22.8 Å². The van der Waals surface area contributed by atoms with Gasteiger partial charge in [-0.05, 0) is 238 Å². The highest BCUT2D eigenvalue weighted by Gasteiger charge is 2.44. The van der Waals surface area contributed by atoms with Crippen LogP contribution in [0.15, 0.2) is 222 Å². The van der Waals surface area contributed by atoms with Crippen molar-refractivity contribution in [3.63, 3.8) is 0 Å². The number of rotatable bonds is 14. The molecular weight excluding hydrogens is 1140 g/mol. The molecule has 0 saturated heterocycles. The lowest BCUT2D eigenvalue weighted by atomic mass is 9.86. The molecule has 4 aromatic carbocycles. The summed E-state index contributed by atoms with van der Waals surface area (Å²) in [6.07, 6.45) is 45.8. The molecule has 468 valence electrons. The van der Waals surface area contributed by atoms with E-state index in [1.165, 1.54) is 94.0 Å². The first-order valence-corrected chi connectivity index (χ1v) is 33.5. The maximum absolute atomic E-state index is 11.7. The number of aryl methyl sites for hydroxylation is 1. The van der Waals surface area contributed by atoms with E-state index in [1.54, 1.807) is 36.4 Å². The molecule has 0 spiro atoms. The van der Waals surface area contributed by atoms with E-state index < -0.39 is 0 Å². The average Bonchev–Trinajstić information content (AvgIpc) is 1.84. The lowest BCUT2D eigenvalue weighted by molar-refractivity contribution is -0.139. The van der Waals surface area contributed by atoms with E-state index in [1.807, 2.05) is 73.7 Å². The Hall–Kier alpha value is -8.44. The predicted molar refractivity (Wildman–Crippen MR) is 357 cm³/mol. The van der Waals surface area contributed by atoms with Crippen molar-refractivity contribution in [3.05, 3.63) is 237 Å². The third-order valence-electron chi connectivity index (χ3n) is 21.5. The molecule has 3 aromatic heterocycles. The van der Waals surface area contributed by atoms with Gasteiger partial charge in [0.2, 0.25) is 0 Å². The molecule has 18 rings (SSSR count). The fraction of sp³-hybridized carbons (Fsp3) is 0.400. The van der Waals surface area contributed by atoms with Crippen molar-refractivity contribution in [1.29, 1.82) is 0 Å². The van der Waals surface area contributed by atoms with Crippen LogP contribution in [0.3, 0.4) is 0 Å². The highest BCUT2D eigenvalue weighted by molar-refractivity contribution is 5.87. The van der Waals surface area contributed by atoms with Gasteiger partial charge < -0.3 is 32.2 Å². The van der Waals surface area contributed by atoms with E-state index >= 15 is 0 Å². The van der Waals surface area contributed by atoms with Crippen LogP contribution in [0.25, 0.3) is 39.0 Å². The maximum atomic E-state index is 11.7. The van der Waals surface area contributed by atoms with Crippen LogP contribution in [-0.2, 0) is 9.53 Å². The molecule has 5 fully saturated rings. The molecule has 0 aliphatic heterocycles. The van der Waals surface area contributed by atoms with Crippen LogP contribution >= 0.6 is 0 Å². The molecule has 10 bridgehead atoms. The molecule has 5 saturated carbocycles. The van der Waals surface area contributed by atoms with Crippen molar-refractivity contribution in [1.82, 2.24) is 0 Å². The third kappa shape index (κ3) is 14.5. The smallest absolute Gasteiger partial charge is 0.336 e. The first-order valence-electron chi connectivity index (χ1n) is 33.5. The fourth-order valence-electron chi connectivity index (χ4n) is 16.7. The van der Waals surface area contributed by atoms with Gasteiger partial charge in [0.05, 0.1) is 26.4 Å². The molecule has 11 heteroatoms. The van der Waals surface area contributed by atoms with Crippen molar-refractivity contribution >= 4 is 45.0 Å². The van der Waals surface area contributed by atoms with Gasteiger partial charge in [-0.25, -0.2) is 19.2 Å². The van der Waals surface area contributed by atoms with E-state index in [4.69, 9.17) is 32.2 Å². The minimum atomic E-state index is -0.326. The number of ether oxygens (including phenoxy) is 4. The summed E-state index contributed by atoms with van der Waals surface area (Å²) >= 11 is 0. The highest BCUT2D eigenvalue weighted by Crippen LogP contribution is 2.53. The summed E-state index contributed by atoms with van der Waals surface area (Å²) in [5.74, 6) is 14.3. The lowest BCUT2D eigenvalue weighted by Crippen LogP contribution is -2.16. The number of allylic oxidation sites excluding steroid dienone is 12. The Kier molecular flexibility index (Phi) is 18.0. The minimum Gasteiger partial charge on any atom is -0.493 e. The molecule has 0 radical (unpaired) electrons. The van der Waals surface area contributed by atoms with Crippen LogP contribution in [0.2, 0.25) is 0 Å². The van der Waals surface area contributed by atoms with Gasteiger partial charge in [-0.1, -0.05) is 103 Å². The number of esters is 1. The second-order valence-corrected chi connectivity index (χ2v) is 27.5. The quantitative estimate of drug-likeness (QED) is 0.0444. The van der Waals surface area contributed by atoms with Gasteiger partial charge in [0.15, 0.2) is 0 Å².